The van der Waals surface area contributed by atoms with Crippen molar-refractivity contribution in [1.82, 2.24) is 4.98 Å². The number of hydrogen-bond acceptors (Lipinski definition) is 4. The van der Waals surface area contributed by atoms with E-state index in [1.54, 1.807) is 18.3 Å². The van der Waals surface area contributed by atoms with E-state index in [9.17, 15) is 15.0 Å². The number of aryl methyl sites for hydroxylation is 1. The molecule has 0 radical (unpaired) electrons. The summed E-state index contributed by atoms with van der Waals surface area (Å²) in [6, 6.07) is 7.60. The topological polar surface area (TPSA) is 82.5 Å². The Labute approximate surface area is 104 Å². The maximum absolute atomic E-state index is 11.9. The predicted octanol–water partition coefficient (Wildman–Crippen LogP) is 2.05. The fourth-order valence-electron chi connectivity index (χ4n) is 1.54. The Kier molecular flexibility index (Phi) is 3.14. The molecule has 0 aliphatic heterocycles. The first kappa shape index (κ1) is 11.9. The monoisotopic (exact) mass is 244 g/mol. The normalized spacial score (nSPS) is 10.1. The number of nitrogens with zero attached hydrogens (tertiary/aromatic N) is 1. The van der Waals surface area contributed by atoms with Crippen molar-refractivity contribution in [3.63, 3.8) is 0 Å². The van der Waals surface area contributed by atoms with Crippen molar-refractivity contribution >= 4 is 11.7 Å². The molecule has 2 rings (SSSR count). The average molecular weight is 244 g/mol. The van der Waals surface area contributed by atoms with Crippen molar-refractivity contribution in [2.75, 3.05) is 5.32 Å². The molecule has 1 aromatic carbocycles. The molecule has 5 heteroatoms. The van der Waals surface area contributed by atoms with Gasteiger partial charge in [-0.2, -0.15) is 0 Å². The third kappa shape index (κ3) is 2.40. The van der Waals surface area contributed by atoms with Gasteiger partial charge in [-0.05, 0) is 36.8 Å². The second kappa shape index (κ2) is 4.75. The van der Waals surface area contributed by atoms with Gasteiger partial charge in [0.25, 0.3) is 5.91 Å². The highest BCUT2D eigenvalue weighted by Crippen LogP contribution is 2.26. The lowest BCUT2D eigenvalue weighted by atomic mass is 10.1. The number of amides is 1. The molecule has 3 N–H and O–H groups in total. The fraction of sp³-hybridized carbons (Fsp3) is 0.0769. The highest BCUT2D eigenvalue weighted by molar-refractivity contribution is 6.07. The lowest BCUT2D eigenvalue weighted by Crippen LogP contribution is -2.13. The smallest absolute Gasteiger partial charge is 0.264 e. The number of phenolic OH excluding ortho intramolecular Hbond substituents is 2. The van der Waals surface area contributed by atoms with Gasteiger partial charge in [-0.3, -0.25) is 4.79 Å². The number of hydrogen-bond donors (Lipinski definition) is 3. The Hall–Kier alpha value is -2.56. The van der Waals surface area contributed by atoms with Gasteiger partial charge >= 0.3 is 0 Å². The number of pyridine rings is 1. The zero-order valence-corrected chi connectivity index (χ0v) is 9.71. The molecule has 0 saturated heterocycles. The number of phenols is 2. The second-order valence-corrected chi connectivity index (χ2v) is 3.84. The molecule has 0 aliphatic rings. The van der Waals surface area contributed by atoms with Gasteiger partial charge in [0.05, 0.1) is 0 Å². The zero-order valence-electron chi connectivity index (χ0n) is 9.71. The van der Waals surface area contributed by atoms with Crippen molar-refractivity contribution in [2.45, 2.75) is 6.92 Å². The third-order valence-electron chi connectivity index (χ3n) is 2.40. The van der Waals surface area contributed by atoms with E-state index in [0.29, 0.717) is 5.82 Å². The number of rotatable bonds is 2. The van der Waals surface area contributed by atoms with Crippen LogP contribution in [0.15, 0.2) is 36.5 Å². The van der Waals surface area contributed by atoms with Crippen LogP contribution in [-0.2, 0) is 0 Å². The van der Waals surface area contributed by atoms with E-state index in [-0.39, 0.29) is 17.1 Å². The zero-order chi connectivity index (χ0) is 13.1. The quantitative estimate of drug-likeness (QED) is 0.755. The summed E-state index contributed by atoms with van der Waals surface area (Å²) >= 11 is 0. The SMILES string of the molecule is Cc1ccnc(NC(=O)c2c(O)cccc2O)c1. The number of carbonyl (C=O) groups is 1. The van der Waals surface area contributed by atoms with E-state index < -0.39 is 5.91 Å². The van der Waals surface area contributed by atoms with Gasteiger partial charge in [-0.25, -0.2) is 4.98 Å². The van der Waals surface area contributed by atoms with E-state index in [0.717, 1.165) is 5.56 Å². The Morgan fingerprint density at radius 1 is 1.22 bits per heavy atom. The molecule has 0 aliphatic carbocycles. The van der Waals surface area contributed by atoms with Crippen molar-refractivity contribution in [3.05, 3.63) is 47.7 Å². The Morgan fingerprint density at radius 3 is 2.50 bits per heavy atom. The van der Waals surface area contributed by atoms with Crippen molar-refractivity contribution in [3.8, 4) is 11.5 Å². The minimum absolute atomic E-state index is 0.166. The van der Waals surface area contributed by atoms with Crippen molar-refractivity contribution < 1.29 is 15.0 Å². The van der Waals surface area contributed by atoms with Crippen LogP contribution in [0.3, 0.4) is 0 Å². The maximum Gasteiger partial charge on any atom is 0.264 e. The van der Waals surface area contributed by atoms with E-state index in [1.807, 2.05) is 6.92 Å². The van der Waals surface area contributed by atoms with Crippen LogP contribution < -0.4 is 5.32 Å². The molecule has 0 saturated carbocycles. The van der Waals surface area contributed by atoms with Crippen LogP contribution in [0.5, 0.6) is 11.5 Å². The molecule has 0 fully saturated rings. The summed E-state index contributed by atoms with van der Waals surface area (Å²) in [5, 5.41) is 21.6. The van der Waals surface area contributed by atoms with Gasteiger partial charge in [-0.15, -0.1) is 0 Å². The molecule has 1 heterocycles. The van der Waals surface area contributed by atoms with Crippen LogP contribution >= 0.6 is 0 Å². The summed E-state index contributed by atoms with van der Waals surface area (Å²) in [6.07, 6.45) is 1.57. The summed E-state index contributed by atoms with van der Waals surface area (Å²) in [6.45, 7) is 1.87. The lowest BCUT2D eigenvalue weighted by Gasteiger charge is -2.08. The minimum Gasteiger partial charge on any atom is -0.507 e. The van der Waals surface area contributed by atoms with Gasteiger partial charge in [0.15, 0.2) is 0 Å². The van der Waals surface area contributed by atoms with Crippen molar-refractivity contribution in [2.24, 2.45) is 0 Å². The van der Waals surface area contributed by atoms with E-state index >= 15 is 0 Å². The first-order valence-corrected chi connectivity index (χ1v) is 5.33. The molecule has 18 heavy (non-hydrogen) atoms. The van der Waals surface area contributed by atoms with Gasteiger partial charge in [-0.1, -0.05) is 6.07 Å². The highest BCUT2D eigenvalue weighted by Gasteiger charge is 2.16. The highest BCUT2D eigenvalue weighted by atomic mass is 16.3. The van der Waals surface area contributed by atoms with Crippen molar-refractivity contribution in [1.29, 1.82) is 0 Å². The van der Waals surface area contributed by atoms with E-state index in [1.165, 1.54) is 18.2 Å². The molecule has 0 bridgehead atoms. The molecular formula is C13H12N2O3. The largest absolute Gasteiger partial charge is 0.507 e. The summed E-state index contributed by atoms with van der Waals surface area (Å²) in [4.78, 5) is 15.9. The molecule has 92 valence electrons. The summed E-state index contributed by atoms with van der Waals surface area (Å²) < 4.78 is 0. The molecule has 0 atom stereocenters. The molecule has 1 amide bonds. The van der Waals surface area contributed by atoms with Gasteiger partial charge in [0.1, 0.15) is 22.9 Å². The first-order valence-electron chi connectivity index (χ1n) is 5.33. The fourth-order valence-corrected chi connectivity index (χ4v) is 1.54. The van der Waals surface area contributed by atoms with Crippen LogP contribution in [0.4, 0.5) is 5.82 Å². The molecule has 1 aromatic heterocycles. The maximum atomic E-state index is 11.9. The minimum atomic E-state index is -0.608. The van der Waals surface area contributed by atoms with Crippen LogP contribution in [0.2, 0.25) is 0 Å². The number of aromatic hydroxyl groups is 2. The van der Waals surface area contributed by atoms with Crippen LogP contribution in [0.1, 0.15) is 15.9 Å². The summed E-state index contributed by atoms with van der Waals surface area (Å²) in [5.41, 5.74) is 0.780. The standard InChI is InChI=1S/C13H12N2O3/c1-8-5-6-14-11(7-8)15-13(18)12-9(16)3-2-4-10(12)17/h2-7,16-17H,1H3,(H,14,15,18). The number of carbonyl (C=O) groups excluding carboxylic acids is 1. The summed E-state index contributed by atoms with van der Waals surface area (Å²) in [7, 11) is 0. The van der Waals surface area contributed by atoms with Crippen LogP contribution in [-0.4, -0.2) is 21.1 Å². The van der Waals surface area contributed by atoms with E-state index in [4.69, 9.17) is 0 Å². The third-order valence-corrected chi connectivity index (χ3v) is 2.40. The second-order valence-electron chi connectivity index (χ2n) is 3.84. The van der Waals surface area contributed by atoms with Gasteiger partial charge in [0, 0.05) is 6.20 Å². The molecule has 0 unspecified atom stereocenters. The lowest BCUT2D eigenvalue weighted by molar-refractivity contribution is 0.102. The predicted molar refractivity (Wildman–Crippen MR) is 66.7 cm³/mol. The van der Waals surface area contributed by atoms with Crippen LogP contribution in [0.25, 0.3) is 0 Å². The van der Waals surface area contributed by atoms with Crippen LogP contribution in [0, 0.1) is 6.92 Å². The average Bonchev–Trinajstić information content (AvgIpc) is 2.28. The Bertz CT molecular complexity index is 576. The first-order chi connectivity index (χ1) is 8.58. The molecule has 5 nitrogen and oxygen atoms in total. The number of benzene rings is 1. The summed E-state index contributed by atoms with van der Waals surface area (Å²) in [5.74, 6) is -0.799. The molecule has 2 aromatic rings. The molecular weight excluding hydrogens is 232 g/mol. The Balaban J connectivity index is 2.28. The van der Waals surface area contributed by atoms with Gasteiger partial charge in [0.2, 0.25) is 0 Å². The van der Waals surface area contributed by atoms with E-state index in [2.05, 4.69) is 10.3 Å². The molecule has 0 spiro atoms. The van der Waals surface area contributed by atoms with Gasteiger partial charge < -0.3 is 15.5 Å². The Morgan fingerprint density at radius 2 is 1.89 bits per heavy atom. The number of aromatic nitrogens is 1. The number of nitrogens with one attached hydrogen (secondary N) is 1. The number of anilines is 1.